The van der Waals surface area contributed by atoms with Gasteiger partial charge in [0.25, 0.3) is 5.91 Å². The molecule has 0 saturated carbocycles. The van der Waals surface area contributed by atoms with Gasteiger partial charge < -0.3 is 5.32 Å². The minimum atomic E-state index is -0.0380. The molecule has 0 unspecified atom stereocenters. The van der Waals surface area contributed by atoms with Crippen LogP contribution in [0.25, 0.3) is 26.4 Å². The second kappa shape index (κ2) is 6.25. The Balaban J connectivity index is 1.77. The van der Waals surface area contributed by atoms with Gasteiger partial charge in [-0.25, -0.2) is 4.98 Å². The Morgan fingerprint density at radius 2 is 1.96 bits per heavy atom. The van der Waals surface area contributed by atoms with Crippen molar-refractivity contribution in [3.05, 3.63) is 59.3 Å². The van der Waals surface area contributed by atoms with Crippen LogP contribution in [-0.4, -0.2) is 21.3 Å². The monoisotopic (exact) mass is 363 g/mol. The molecule has 0 saturated heterocycles. The first-order valence-electron chi connectivity index (χ1n) is 8.72. The molecule has 2 heterocycles. The Morgan fingerprint density at radius 3 is 2.69 bits per heavy atom. The van der Waals surface area contributed by atoms with E-state index in [-0.39, 0.29) is 11.9 Å². The molecular weight excluding hydrogens is 342 g/mol. The van der Waals surface area contributed by atoms with Crippen molar-refractivity contribution in [1.82, 2.24) is 14.7 Å². The van der Waals surface area contributed by atoms with Crippen molar-refractivity contribution in [2.24, 2.45) is 0 Å². The van der Waals surface area contributed by atoms with Crippen molar-refractivity contribution in [3.8, 4) is 11.3 Å². The lowest BCUT2D eigenvalue weighted by atomic mass is 10.0. The second-order valence-corrected chi connectivity index (χ2v) is 8.02. The van der Waals surface area contributed by atoms with Crippen molar-refractivity contribution < 1.29 is 4.79 Å². The highest BCUT2D eigenvalue weighted by atomic mass is 32.1. The van der Waals surface area contributed by atoms with E-state index in [2.05, 4.69) is 48.0 Å². The number of hydrogen-bond acceptors (Lipinski definition) is 3. The number of hydrogen-bond donors (Lipinski definition) is 1. The Kier molecular flexibility index (Phi) is 4.04. The number of nitrogens with one attached hydrogen (secondary N) is 1. The van der Waals surface area contributed by atoms with Crippen LogP contribution in [-0.2, 0) is 0 Å². The smallest absolute Gasteiger partial charge is 0.251 e. The fourth-order valence-corrected chi connectivity index (χ4v) is 4.27. The highest BCUT2D eigenvalue weighted by Gasteiger charge is 2.14. The average molecular weight is 363 g/mol. The number of nitrogens with zero attached hydrogens (tertiary/aromatic N) is 2. The van der Waals surface area contributed by atoms with Gasteiger partial charge in [-0.1, -0.05) is 35.1 Å². The van der Waals surface area contributed by atoms with Crippen LogP contribution in [0.3, 0.4) is 0 Å². The summed E-state index contributed by atoms with van der Waals surface area (Å²) in [6, 6.07) is 12.4. The van der Waals surface area contributed by atoms with Gasteiger partial charge in [0.15, 0.2) is 4.96 Å². The summed E-state index contributed by atoms with van der Waals surface area (Å²) >= 11 is 1.61. The van der Waals surface area contributed by atoms with E-state index < -0.39 is 0 Å². The number of thiazole rings is 1. The molecule has 0 aliphatic rings. The van der Waals surface area contributed by atoms with Crippen LogP contribution in [0.2, 0.25) is 0 Å². The van der Waals surface area contributed by atoms with Crippen LogP contribution >= 0.6 is 11.3 Å². The molecule has 0 spiro atoms. The largest absolute Gasteiger partial charge is 0.350 e. The zero-order valence-electron chi connectivity index (χ0n) is 15.3. The zero-order chi connectivity index (χ0) is 18.4. The van der Waals surface area contributed by atoms with Crippen LogP contribution in [0.1, 0.15) is 35.3 Å². The maximum absolute atomic E-state index is 12.2. The highest BCUT2D eigenvalue weighted by Crippen LogP contribution is 2.31. The second-order valence-electron chi connectivity index (χ2n) is 7.01. The van der Waals surface area contributed by atoms with Crippen molar-refractivity contribution in [1.29, 1.82) is 0 Å². The van der Waals surface area contributed by atoms with Gasteiger partial charge in [0, 0.05) is 23.4 Å². The number of rotatable bonds is 3. The van der Waals surface area contributed by atoms with Gasteiger partial charge in [-0.2, -0.15) is 0 Å². The van der Waals surface area contributed by atoms with E-state index in [1.54, 1.807) is 11.3 Å². The molecule has 0 fully saturated rings. The molecule has 4 aromatic rings. The summed E-state index contributed by atoms with van der Waals surface area (Å²) in [4.78, 5) is 18.0. The normalized spacial score (nSPS) is 11.6. The Bertz CT molecular complexity index is 1140. The molecule has 5 heteroatoms. The number of aromatic nitrogens is 2. The standard InChI is InChI=1S/C21H21N3OS/c1-12(2)22-20(25)15-6-8-18-19(10-15)26-21-23-17(11-24(18)21)16-7-5-13(3)9-14(16)4/h5-12H,1-4H3,(H,22,25). The summed E-state index contributed by atoms with van der Waals surface area (Å²) < 4.78 is 3.18. The molecule has 26 heavy (non-hydrogen) atoms. The summed E-state index contributed by atoms with van der Waals surface area (Å²) in [5.41, 5.74) is 6.39. The fourth-order valence-electron chi connectivity index (χ4n) is 3.22. The molecule has 132 valence electrons. The van der Waals surface area contributed by atoms with Crippen LogP contribution in [0, 0.1) is 13.8 Å². The number of benzene rings is 2. The highest BCUT2D eigenvalue weighted by molar-refractivity contribution is 7.23. The number of aryl methyl sites for hydroxylation is 2. The molecule has 1 N–H and O–H groups in total. The first-order valence-corrected chi connectivity index (χ1v) is 9.54. The SMILES string of the molecule is Cc1ccc(-c2cn3c(n2)sc2cc(C(=O)NC(C)C)ccc23)c(C)c1. The molecule has 2 aromatic carbocycles. The molecule has 4 nitrogen and oxygen atoms in total. The summed E-state index contributed by atoms with van der Waals surface area (Å²) in [6.45, 7) is 8.14. The molecule has 0 aliphatic heterocycles. The molecule has 0 atom stereocenters. The topological polar surface area (TPSA) is 46.4 Å². The van der Waals surface area contributed by atoms with E-state index in [4.69, 9.17) is 4.98 Å². The quantitative estimate of drug-likeness (QED) is 0.558. The summed E-state index contributed by atoms with van der Waals surface area (Å²) in [7, 11) is 0. The van der Waals surface area contributed by atoms with E-state index in [0.29, 0.717) is 5.56 Å². The minimum absolute atomic E-state index is 0.0380. The lowest BCUT2D eigenvalue weighted by Crippen LogP contribution is -2.29. The number of fused-ring (bicyclic) bond motifs is 3. The van der Waals surface area contributed by atoms with Crippen molar-refractivity contribution >= 4 is 32.4 Å². The predicted molar refractivity (Wildman–Crippen MR) is 108 cm³/mol. The Labute approximate surface area is 156 Å². The van der Waals surface area contributed by atoms with E-state index in [0.717, 1.165) is 26.4 Å². The van der Waals surface area contributed by atoms with E-state index >= 15 is 0 Å². The fraction of sp³-hybridized carbons (Fsp3) is 0.238. The number of carbonyl (C=O) groups is 1. The van der Waals surface area contributed by atoms with Gasteiger partial charge in [-0.05, 0) is 51.5 Å². The van der Waals surface area contributed by atoms with Crippen LogP contribution in [0.15, 0.2) is 42.6 Å². The first kappa shape index (κ1) is 16.8. The number of imidazole rings is 1. The molecule has 4 rings (SSSR count). The van der Waals surface area contributed by atoms with Gasteiger partial charge in [-0.15, -0.1) is 0 Å². The van der Waals surface area contributed by atoms with Gasteiger partial charge in [0.1, 0.15) is 0 Å². The Hall–Kier alpha value is -2.66. The number of amides is 1. The predicted octanol–water partition coefficient (Wildman–Crippen LogP) is 4.97. The van der Waals surface area contributed by atoms with Crippen molar-refractivity contribution in [2.75, 3.05) is 0 Å². The third-order valence-corrected chi connectivity index (χ3v) is 5.45. The zero-order valence-corrected chi connectivity index (χ0v) is 16.1. The lowest BCUT2D eigenvalue weighted by molar-refractivity contribution is 0.0943. The van der Waals surface area contributed by atoms with Gasteiger partial charge in [0.2, 0.25) is 0 Å². The van der Waals surface area contributed by atoms with E-state index in [1.165, 1.54) is 11.1 Å². The molecule has 0 aliphatic carbocycles. The maximum atomic E-state index is 12.2. The minimum Gasteiger partial charge on any atom is -0.350 e. The third kappa shape index (κ3) is 2.88. The lowest BCUT2D eigenvalue weighted by Gasteiger charge is -2.08. The van der Waals surface area contributed by atoms with Crippen LogP contribution in [0.4, 0.5) is 0 Å². The van der Waals surface area contributed by atoms with Crippen molar-refractivity contribution in [3.63, 3.8) is 0 Å². The van der Waals surface area contributed by atoms with Gasteiger partial charge in [0.05, 0.1) is 15.9 Å². The summed E-state index contributed by atoms with van der Waals surface area (Å²) in [6.07, 6.45) is 2.08. The molecule has 0 bridgehead atoms. The van der Waals surface area contributed by atoms with Crippen LogP contribution in [0.5, 0.6) is 0 Å². The summed E-state index contributed by atoms with van der Waals surface area (Å²) in [5, 5.41) is 2.94. The number of carbonyl (C=O) groups excluding carboxylic acids is 1. The molecule has 1 amide bonds. The molecular formula is C21H21N3OS. The molecule has 2 aromatic heterocycles. The maximum Gasteiger partial charge on any atom is 0.251 e. The summed E-state index contributed by atoms with van der Waals surface area (Å²) in [5.74, 6) is -0.0380. The van der Waals surface area contributed by atoms with E-state index in [9.17, 15) is 4.79 Å². The third-order valence-electron chi connectivity index (χ3n) is 4.43. The van der Waals surface area contributed by atoms with Crippen molar-refractivity contribution in [2.45, 2.75) is 33.7 Å². The first-order chi connectivity index (χ1) is 12.4. The average Bonchev–Trinajstić information content (AvgIpc) is 3.11. The van der Waals surface area contributed by atoms with Crippen LogP contribution < -0.4 is 5.32 Å². The van der Waals surface area contributed by atoms with Gasteiger partial charge >= 0.3 is 0 Å². The molecule has 0 radical (unpaired) electrons. The van der Waals surface area contributed by atoms with E-state index in [1.807, 2.05) is 32.0 Å². The van der Waals surface area contributed by atoms with Gasteiger partial charge in [-0.3, -0.25) is 9.20 Å². The Morgan fingerprint density at radius 1 is 1.15 bits per heavy atom.